The van der Waals surface area contributed by atoms with Gasteiger partial charge in [-0.25, -0.2) is 0 Å². The Morgan fingerprint density at radius 3 is 2.18 bits per heavy atom. The van der Waals surface area contributed by atoms with Crippen LogP contribution in [-0.4, -0.2) is 18.0 Å². The van der Waals surface area contributed by atoms with Gasteiger partial charge in [-0.05, 0) is 29.7 Å². The van der Waals surface area contributed by atoms with Crippen molar-refractivity contribution in [1.82, 2.24) is 4.98 Å². The summed E-state index contributed by atoms with van der Waals surface area (Å²) in [6.07, 6.45) is 1.78. The van der Waals surface area contributed by atoms with E-state index in [0.717, 1.165) is 22.0 Å². The van der Waals surface area contributed by atoms with Crippen LogP contribution in [0.25, 0.3) is 32.8 Å². The summed E-state index contributed by atoms with van der Waals surface area (Å²) in [6.45, 7) is 0. The van der Waals surface area contributed by atoms with Gasteiger partial charge in [-0.1, -0.05) is 60.7 Å². The van der Waals surface area contributed by atoms with Gasteiger partial charge in [0.2, 0.25) is 0 Å². The molecule has 0 radical (unpaired) electrons. The Bertz CT molecular complexity index is 1640. The monoisotopic (exact) mass is 454 g/mol. The third-order valence-electron chi connectivity index (χ3n) is 5.39. The minimum absolute atomic E-state index is 0.154. The molecule has 5 rings (SSSR count). The van der Waals surface area contributed by atoms with Crippen molar-refractivity contribution in [3.05, 3.63) is 91.1 Å². The maximum absolute atomic E-state index is 11.9. The van der Waals surface area contributed by atoms with Gasteiger partial charge in [0.15, 0.2) is 0 Å². The molecule has 0 atom stereocenters. The Morgan fingerprint density at radius 1 is 0.788 bits per heavy atom. The van der Waals surface area contributed by atoms with Crippen molar-refractivity contribution < 1.29 is 13.0 Å². The molecular weight excluding hydrogens is 436 g/mol. The van der Waals surface area contributed by atoms with E-state index in [0.29, 0.717) is 16.5 Å². The number of nitrogens with two attached hydrogens (primary N) is 1. The number of nitrogen functional groups attached to an aromatic ring is 1. The van der Waals surface area contributed by atoms with E-state index in [-0.39, 0.29) is 16.3 Å². The molecule has 7 nitrogen and oxygen atoms in total. The van der Waals surface area contributed by atoms with Crippen molar-refractivity contribution in [1.29, 1.82) is 0 Å². The summed E-state index contributed by atoms with van der Waals surface area (Å²) < 4.78 is 33.4. The highest BCUT2D eigenvalue weighted by atomic mass is 32.2. The quantitative estimate of drug-likeness (QED) is 0.188. The molecule has 0 aliphatic carbocycles. The van der Waals surface area contributed by atoms with Crippen molar-refractivity contribution in [2.24, 2.45) is 10.2 Å². The molecular formula is C25H18N4O3S. The Morgan fingerprint density at radius 2 is 1.45 bits per heavy atom. The fourth-order valence-electron chi connectivity index (χ4n) is 3.79. The van der Waals surface area contributed by atoms with Gasteiger partial charge in [0.1, 0.15) is 10.6 Å². The zero-order valence-corrected chi connectivity index (χ0v) is 18.1. The van der Waals surface area contributed by atoms with Crippen LogP contribution in [0.3, 0.4) is 0 Å². The first-order valence-corrected chi connectivity index (χ1v) is 11.5. The smallest absolute Gasteiger partial charge is 0.295 e. The average Bonchev–Trinajstić information content (AvgIpc) is 2.83. The first-order valence-electron chi connectivity index (χ1n) is 10.1. The summed E-state index contributed by atoms with van der Waals surface area (Å²) in [5, 5.41) is 11.3. The van der Waals surface area contributed by atoms with Crippen LogP contribution in [0, 0.1) is 0 Å². The number of nitrogens with zero attached hydrogens (tertiary/aromatic N) is 3. The molecule has 4 aromatic carbocycles. The van der Waals surface area contributed by atoms with E-state index >= 15 is 0 Å². The standard InChI is InChI=1S/C25H18N4O3S/c26-24-21-8-4-3-7-20(21)23(33(30,31)32)15-22(24)29-28-18-11-9-17(10-12-18)25-19-6-2-1-5-16(19)13-14-27-25/h1-15H,26H2,(H,30,31,32)/b29-28+. The number of rotatable bonds is 4. The van der Waals surface area contributed by atoms with E-state index in [1.807, 2.05) is 42.5 Å². The SMILES string of the molecule is Nc1c(/N=N/c2ccc(-c3nccc4ccccc34)cc2)cc(S(=O)(=O)O)c2ccccc12. The lowest BCUT2D eigenvalue weighted by atomic mass is 10.0. The number of aromatic nitrogens is 1. The van der Waals surface area contributed by atoms with Crippen LogP contribution in [0.5, 0.6) is 0 Å². The summed E-state index contributed by atoms with van der Waals surface area (Å²) in [5.41, 5.74) is 9.00. The third kappa shape index (κ3) is 3.93. The van der Waals surface area contributed by atoms with Gasteiger partial charge in [-0.3, -0.25) is 9.54 Å². The summed E-state index contributed by atoms with van der Waals surface area (Å²) in [5.74, 6) is 0. The predicted molar refractivity (Wildman–Crippen MR) is 130 cm³/mol. The molecule has 0 spiro atoms. The highest BCUT2D eigenvalue weighted by molar-refractivity contribution is 7.86. The first kappa shape index (κ1) is 20.7. The van der Waals surface area contributed by atoms with Gasteiger partial charge in [-0.15, -0.1) is 5.11 Å². The highest BCUT2D eigenvalue weighted by Crippen LogP contribution is 2.37. The van der Waals surface area contributed by atoms with E-state index < -0.39 is 10.1 Å². The van der Waals surface area contributed by atoms with Gasteiger partial charge < -0.3 is 5.73 Å². The summed E-state index contributed by atoms with van der Waals surface area (Å²) in [7, 11) is -4.47. The second-order valence-corrected chi connectivity index (χ2v) is 8.85. The Labute approximate surface area is 190 Å². The lowest BCUT2D eigenvalue weighted by Gasteiger charge is -2.09. The van der Waals surface area contributed by atoms with E-state index in [9.17, 15) is 13.0 Å². The largest absolute Gasteiger partial charge is 0.396 e. The minimum atomic E-state index is -4.47. The molecule has 1 aromatic heterocycles. The zero-order chi connectivity index (χ0) is 23.0. The fourth-order valence-corrected chi connectivity index (χ4v) is 4.51. The molecule has 0 fully saturated rings. The van der Waals surface area contributed by atoms with Crippen molar-refractivity contribution in [2.45, 2.75) is 4.90 Å². The molecule has 8 heteroatoms. The molecule has 1 heterocycles. The first-order chi connectivity index (χ1) is 15.9. The molecule has 0 amide bonds. The number of benzene rings is 4. The number of hydrogen-bond donors (Lipinski definition) is 2. The fraction of sp³-hybridized carbons (Fsp3) is 0. The number of pyridine rings is 1. The van der Waals surface area contributed by atoms with Gasteiger partial charge in [0, 0.05) is 27.9 Å². The van der Waals surface area contributed by atoms with Gasteiger partial charge in [0.25, 0.3) is 10.1 Å². The van der Waals surface area contributed by atoms with Crippen LogP contribution in [-0.2, 0) is 10.1 Å². The van der Waals surface area contributed by atoms with Crippen LogP contribution >= 0.6 is 0 Å². The summed E-state index contributed by atoms with van der Waals surface area (Å²) in [6, 6.07) is 25.3. The third-order valence-corrected chi connectivity index (χ3v) is 6.29. The number of anilines is 1. The van der Waals surface area contributed by atoms with Crippen molar-refractivity contribution in [3.8, 4) is 11.3 Å². The van der Waals surface area contributed by atoms with Crippen molar-refractivity contribution in [3.63, 3.8) is 0 Å². The summed E-state index contributed by atoms with van der Waals surface area (Å²) in [4.78, 5) is 4.26. The Balaban J connectivity index is 1.52. The topological polar surface area (TPSA) is 118 Å². The molecule has 0 unspecified atom stereocenters. The van der Waals surface area contributed by atoms with E-state index in [1.165, 1.54) is 6.07 Å². The van der Waals surface area contributed by atoms with E-state index in [1.54, 1.807) is 42.6 Å². The van der Waals surface area contributed by atoms with Crippen LogP contribution in [0.15, 0.2) is 106 Å². The summed E-state index contributed by atoms with van der Waals surface area (Å²) >= 11 is 0. The Kier molecular flexibility index (Phi) is 5.08. The number of hydrogen-bond acceptors (Lipinski definition) is 6. The van der Waals surface area contributed by atoms with Crippen molar-refractivity contribution in [2.75, 3.05) is 5.73 Å². The lowest BCUT2D eigenvalue weighted by Crippen LogP contribution is -2.01. The molecule has 162 valence electrons. The normalized spacial score (nSPS) is 12.0. The van der Waals surface area contributed by atoms with E-state index in [2.05, 4.69) is 15.2 Å². The van der Waals surface area contributed by atoms with Crippen LogP contribution in [0.2, 0.25) is 0 Å². The molecule has 0 aliphatic rings. The molecule has 0 saturated heterocycles. The van der Waals surface area contributed by atoms with Gasteiger partial charge >= 0.3 is 0 Å². The maximum atomic E-state index is 11.9. The predicted octanol–water partition coefficient (Wildman–Crippen LogP) is 6.30. The van der Waals surface area contributed by atoms with Crippen LogP contribution < -0.4 is 5.73 Å². The number of azo groups is 1. The van der Waals surface area contributed by atoms with Crippen molar-refractivity contribution >= 4 is 48.7 Å². The molecule has 5 aromatic rings. The van der Waals surface area contributed by atoms with Crippen LogP contribution in [0.4, 0.5) is 17.1 Å². The maximum Gasteiger partial charge on any atom is 0.295 e. The highest BCUT2D eigenvalue weighted by Gasteiger charge is 2.18. The molecule has 0 bridgehead atoms. The van der Waals surface area contributed by atoms with Gasteiger partial charge in [0.05, 0.1) is 17.1 Å². The second-order valence-electron chi connectivity index (χ2n) is 7.46. The van der Waals surface area contributed by atoms with Gasteiger partial charge in [-0.2, -0.15) is 13.5 Å². The number of fused-ring (bicyclic) bond motifs is 2. The molecule has 0 saturated carbocycles. The minimum Gasteiger partial charge on any atom is -0.396 e. The van der Waals surface area contributed by atoms with Crippen LogP contribution in [0.1, 0.15) is 0 Å². The molecule has 0 aliphatic heterocycles. The molecule has 33 heavy (non-hydrogen) atoms. The average molecular weight is 455 g/mol. The Hall–Kier alpha value is -4.14. The molecule has 3 N–H and O–H groups in total. The lowest BCUT2D eigenvalue weighted by molar-refractivity contribution is 0.484. The zero-order valence-electron chi connectivity index (χ0n) is 17.3. The second kappa shape index (κ2) is 8.09. The van der Waals surface area contributed by atoms with E-state index in [4.69, 9.17) is 5.73 Å².